The topological polar surface area (TPSA) is 57.7 Å². The second-order valence-corrected chi connectivity index (χ2v) is 4.24. The summed E-state index contributed by atoms with van der Waals surface area (Å²) >= 11 is 3.05. The smallest absolute Gasteiger partial charge is 0.361 e. The summed E-state index contributed by atoms with van der Waals surface area (Å²) < 4.78 is 38.0. The lowest BCUT2D eigenvalue weighted by atomic mass is 10.4. The minimum Gasteiger partial charge on any atom is -0.361 e. The van der Waals surface area contributed by atoms with Gasteiger partial charge in [0.15, 0.2) is 16.2 Å². The van der Waals surface area contributed by atoms with Gasteiger partial charge in [0.25, 0.3) is 0 Å². The highest BCUT2D eigenvalue weighted by molar-refractivity contribution is 9.10. The van der Waals surface area contributed by atoms with Gasteiger partial charge < -0.3 is 9.88 Å². The van der Waals surface area contributed by atoms with Crippen LogP contribution in [0.3, 0.4) is 0 Å². The van der Waals surface area contributed by atoms with Crippen LogP contribution >= 0.6 is 15.9 Å². The first-order valence-corrected chi connectivity index (χ1v) is 5.26. The minimum atomic E-state index is -4.59. The van der Waals surface area contributed by atoms with Crippen molar-refractivity contribution in [1.29, 1.82) is 0 Å². The zero-order valence-corrected chi connectivity index (χ0v) is 10.4. The monoisotopic (exact) mass is 309 g/mol. The van der Waals surface area contributed by atoms with E-state index in [4.69, 9.17) is 0 Å². The van der Waals surface area contributed by atoms with E-state index in [1.54, 1.807) is 14.1 Å². The fourth-order valence-electron chi connectivity index (χ4n) is 1.30. The van der Waals surface area contributed by atoms with Crippen molar-refractivity contribution in [3.63, 3.8) is 0 Å². The van der Waals surface area contributed by atoms with Crippen LogP contribution in [0, 0.1) is 0 Å². The molecular weight excluding hydrogens is 303 g/mol. The molecule has 0 fully saturated rings. The van der Waals surface area contributed by atoms with Crippen molar-refractivity contribution in [2.75, 3.05) is 19.0 Å². The van der Waals surface area contributed by atoms with Crippen molar-refractivity contribution in [3.05, 3.63) is 10.6 Å². The molecule has 0 aliphatic heterocycles. The van der Waals surface area contributed by atoms with E-state index in [-0.39, 0.29) is 11.5 Å². The molecule has 0 atom stereocenters. The second kappa shape index (κ2) is 3.83. The van der Waals surface area contributed by atoms with Crippen molar-refractivity contribution in [2.24, 2.45) is 0 Å². The molecule has 17 heavy (non-hydrogen) atoms. The Kier molecular flexibility index (Phi) is 2.72. The Labute approximate surface area is 102 Å². The van der Waals surface area contributed by atoms with E-state index < -0.39 is 12.0 Å². The molecule has 0 amide bonds. The number of alkyl halides is 3. The van der Waals surface area contributed by atoms with Gasteiger partial charge in [-0.2, -0.15) is 13.2 Å². The van der Waals surface area contributed by atoms with E-state index in [9.17, 15) is 13.2 Å². The largest absolute Gasteiger partial charge is 0.451 e. The molecule has 0 aromatic carbocycles. The number of aromatic nitrogens is 4. The van der Waals surface area contributed by atoms with E-state index in [1.165, 1.54) is 4.90 Å². The predicted octanol–water partition coefficient (Wildman–Crippen LogP) is 2.20. The van der Waals surface area contributed by atoms with Crippen molar-refractivity contribution in [2.45, 2.75) is 6.18 Å². The Bertz CT molecular complexity index is 562. The van der Waals surface area contributed by atoms with Crippen LogP contribution in [0.1, 0.15) is 5.82 Å². The van der Waals surface area contributed by atoms with Crippen LogP contribution in [0.25, 0.3) is 11.2 Å². The molecule has 2 heterocycles. The van der Waals surface area contributed by atoms with Crippen LogP contribution in [0.15, 0.2) is 4.73 Å². The van der Waals surface area contributed by atoms with Gasteiger partial charge in [-0.3, -0.25) is 0 Å². The van der Waals surface area contributed by atoms with Crippen molar-refractivity contribution < 1.29 is 13.2 Å². The number of H-pyrrole nitrogens is 1. The number of anilines is 1. The average molecular weight is 310 g/mol. The summed E-state index contributed by atoms with van der Waals surface area (Å²) in [5.41, 5.74) is 0.331. The molecule has 5 nitrogen and oxygen atoms in total. The Balaban J connectivity index is 2.75. The first-order valence-electron chi connectivity index (χ1n) is 4.47. The zero-order chi connectivity index (χ0) is 12.8. The van der Waals surface area contributed by atoms with Crippen LogP contribution in [0.5, 0.6) is 0 Å². The lowest BCUT2D eigenvalue weighted by molar-refractivity contribution is -0.144. The third-order valence-corrected chi connectivity index (χ3v) is 2.36. The minimum absolute atomic E-state index is 0.0251. The first kappa shape index (κ1) is 12.1. The summed E-state index contributed by atoms with van der Waals surface area (Å²) in [4.78, 5) is 14.9. The summed E-state index contributed by atoms with van der Waals surface area (Å²) in [6.45, 7) is 0. The maximum atomic E-state index is 12.6. The molecule has 0 spiro atoms. The molecule has 2 rings (SSSR count). The highest BCUT2D eigenvalue weighted by Gasteiger charge is 2.36. The van der Waals surface area contributed by atoms with Gasteiger partial charge in [-0.1, -0.05) is 0 Å². The third-order valence-electron chi connectivity index (χ3n) is 1.98. The van der Waals surface area contributed by atoms with Gasteiger partial charge in [-0.05, 0) is 15.9 Å². The standard InChI is InChI=1S/C8H7BrF3N5/c1-17(2)5-3-4(15-7(9)13-3)14-6(16-5)8(10,11)12/h1-2H3,(H,13,14,15,16). The van der Waals surface area contributed by atoms with Gasteiger partial charge in [0.1, 0.15) is 5.52 Å². The van der Waals surface area contributed by atoms with Gasteiger partial charge in [-0.25, -0.2) is 15.0 Å². The number of rotatable bonds is 1. The lowest BCUT2D eigenvalue weighted by Gasteiger charge is -2.13. The Morgan fingerprint density at radius 1 is 1.18 bits per heavy atom. The quantitative estimate of drug-likeness (QED) is 0.821. The predicted molar refractivity (Wildman–Crippen MR) is 58.7 cm³/mol. The normalized spacial score (nSPS) is 12.1. The summed E-state index contributed by atoms with van der Waals surface area (Å²) in [5.74, 6) is -1.06. The van der Waals surface area contributed by atoms with E-state index in [2.05, 4.69) is 35.9 Å². The number of aromatic amines is 1. The van der Waals surface area contributed by atoms with Gasteiger partial charge >= 0.3 is 6.18 Å². The Morgan fingerprint density at radius 3 is 2.35 bits per heavy atom. The molecule has 2 aromatic rings. The maximum absolute atomic E-state index is 12.6. The van der Waals surface area contributed by atoms with Crippen LogP contribution in [-0.2, 0) is 6.18 Å². The number of hydrogen-bond donors (Lipinski definition) is 1. The number of nitrogens with zero attached hydrogens (tertiary/aromatic N) is 4. The summed E-state index contributed by atoms with van der Waals surface area (Å²) in [5, 5.41) is 0. The molecular formula is C8H7BrF3N5. The summed E-state index contributed by atoms with van der Waals surface area (Å²) in [7, 11) is 3.19. The molecule has 1 N–H and O–H groups in total. The molecule has 0 unspecified atom stereocenters. The molecule has 0 radical (unpaired) electrons. The number of nitrogens with one attached hydrogen (secondary N) is 1. The fourth-order valence-corrected chi connectivity index (χ4v) is 1.67. The second-order valence-electron chi connectivity index (χ2n) is 3.49. The number of hydrogen-bond acceptors (Lipinski definition) is 4. The zero-order valence-electron chi connectivity index (χ0n) is 8.80. The molecule has 92 valence electrons. The Hall–Kier alpha value is -1.38. The highest BCUT2D eigenvalue weighted by Crippen LogP contribution is 2.30. The molecule has 0 bridgehead atoms. The maximum Gasteiger partial charge on any atom is 0.451 e. The summed E-state index contributed by atoms with van der Waals surface area (Å²) in [6, 6.07) is 0. The molecule has 0 saturated carbocycles. The van der Waals surface area contributed by atoms with Crippen LogP contribution in [0.2, 0.25) is 0 Å². The molecule has 9 heteroatoms. The van der Waals surface area contributed by atoms with E-state index >= 15 is 0 Å². The number of fused-ring (bicyclic) bond motifs is 1. The van der Waals surface area contributed by atoms with Crippen molar-refractivity contribution in [3.8, 4) is 0 Å². The van der Waals surface area contributed by atoms with Gasteiger partial charge in [0.05, 0.1) is 0 Å². The van der Waals surface area contributed by atoms with Crippen LogP contribution in [-0.4, -0.2) is 34.0 Å². The molecule has 0 aliphatic rings. The summed E-state index contributed by atoms with van der Waals surface area (Å²) in [6.07, 6.45) is -4.59. The highest BCUT2D eigenvalue weighted by atomic mass is 79.9. The molecule has 0 aliphatic carbocycles. The first-order chi connectivity index (χ1) is 7.79. The van der Waals surface area contributed by atoms with Crippen molar-refractivity contribution >= 4 is 32.9 Å². The molecule has 0 saturated heterocycles. The average Bonchev–Trinajstić information content (AvgIpc) is 2.54. The lowest BCUT2D eigenvalue weighted by Crippen LogP contribution is -2.17. The van der Waals surface area contributed by atoms with Crippen LogP contribution < -0.4 is 4.90 Å². The number of halogens is 4. The Morgan fingerprint density at radius 2 is 1.82 bits per heavy atom. The molecule has 2 aromatic heterocycles. The van der Waals surface area contributed by atoms with E-state index in [0.29, 0.717) is 10.3 Å². The van der Waals surface area contributed by atoms with Crippen molar-refractivity contribution in [1.82, 2.24) is 19.9 Å². The van der Waals surface area contributed by atoms with Gasteiger partial charge in [0, 0.05) is 14.1 Å². The third kappa shape index (κ3) is 2.19. The van der Waals surface area contributed by atoms with Gasteiger partial charge in [0.2, 0.25) is 5.82 Å². The fraction of sp³-hybridized carbons (Fsp3) is 0.375. The SMILES string of the molecule is CN(C)c1nc(C(F)(F)F)nc2nc(Br)[nH]c12. The van der Waals surface area contributed by atoms with E-state index in [0.717, 1.165) is 0 Å². The van der Waals surface area contributed by atoms with Gasteiger partial charge in [-0.15, -0.1) is 0 Å². The number of imidazole rings is 1. The van der Waals surface area contributed by atoms with Crippen LogP contribution in [0.4, 0.5) is 19.0 Å². The van der Waals surface area contributed by atoms with E-state index in [1.807, 2.05) is 0 Å².